The monoisotopic (exact) mass is 510 g/mol. The summed E-state index contributed by atoms with van der Waals surface area (Å²) in [5.74, 6) is -0.316. The molecule has 3 aromatic carbocycles. The van der Waals surface area contributed by atoms with Crippen molar-refractivity contribution in [2.45, 2.75) is 6.10 Å². The summed E-state index contributed by atoms with van der Waals surface area (Å²) in [6.07, 6.45) is -1.20. The number of amides is 1. The van der Waals surface area contributed by atoms with Crippen molar-refractivity contribution < 1.29 is 9.90 Å². The van der Waals surface area contributed by atoms with Gasteiger partial charge >= 0.3 is 0 Å². The molecule has 0 aliphatic carbocycles. The second-order valence-electron chi connectivity index (χ2n) is 7.16. The van der Waals surface area contributed by atoms with E-state index in [4.69, 9.17) is 46.4 Å². The van der Waals surface area contributed by atoms with Gasteiger partial charge in [0.25, 0.3) is 5.91 Å². The average Bonchev–Trinajstić information content (AvgIpc) is 2.79. The molecule has 1 fully saturated rings. The predicted octanol–water partition coefficient (Wildman–Crippen LogP) is 6.37. The number of aliphatic hydroxyl groups excluding tert-OH is 1. The Labute approximate surface area is 207 Å². The Morgan fingerprint density at radius 3 is 1.94 bits per heavy atom. The topological polar surface area (TPSA) is 43.8 Å². The number of carbonyl (C=O) groups excluding carboxylic acids is 1. The van der Waals surface area contributed by atoms with Gasteiger partial charge in [-0.3, -0.25) is 4.79 Å². The lowest BCUT2D eigenvalue weighted by atomic mass is 10.1. The number of benzene rings is 3. The van der Waals surface area contributed by atoms with Crippen LogP contribution in [0.5, 0.6) is 0 Å². The minimum absolute atomic E-state index is 0.316. The molecule has 32 heavy (non-hydrogen) atoms. The average molecular weight is 512 g/mol. The Balaban J connectivity index is 0.000000352. The van der Waals surface area contributed by atoms with Crippen LogP contribution in [0.1, 0.15) is 11.7 Å². The van der Waals surface area contributed by atoms with Crippen LogP contribution >= 0.6 is 46.4 Å². The lowest BCUT2D eigenvalue weighted by Crippen LogP contribution is -2.50. The van der Waals surface area contributed by atoms with Crippen molar-refractivity contribution in [3.63, 3.8) is 0 Å². The highest BCUT2D eigenvalue weighted by Crippen LogP contribution is 2.30. The number of hydrogen-bond acceptors (Lipinski definition) is 3. The summed E-state index contributed by atoms with van der Waals surface area (Å²) in [5.41, 5.74) is 1.40. The third-order valence-corrected chi connectivity index (χ3v) is 6.00. The smallest absolute Gasteiger partial charge is 0.256 e. The van der Waals surface area contributed by atoms with Crippen molar-refractivity contribution in [3.8, 4) is 0 Å². The fourth-order valence-corrected chi connectivity index (χ4v) is 4.18. The molecule has 3 aromatic rings. The highest BCUT2D eigenvalue weighted by molar-refractivity contribution is 6.36. The Hall–Kier alpha value is -1.95. The quantitative estimate of drug-likeness (QED) is 0.444. The molecule has 1 atom stereocenters. The molecular formula is C24H22Cl4N2O2. The van der Waals surface area contributed by atoms with E-state index in [0.29, 0.717) is 46.8 Å². The summed E-state index contributed by atoms with van der Waals surface area (Å²) < 4.78 is 0. The van der Waals surface area contributed by atoms with Crippen LogP contribution in [0.25, 0.3) is 0 Å². The van der Waals surface area contributed by atoms with E-state index in [1.807, 2.05) is 36.4 Å². The van der Waals surface area contributed by atoms with Crippen LogP contribution in [0.15, 0.2) is 72.8 Å². The van der Waals surface area contributed by atoms with Crippen molar-refractivity contribution in [1.29, 1.82) is 0 Å². The molecule has 0 aromatic heterocycles. The van der Waals surface area contributed by atoms with Crippen LogP contribution in [0, 0.1) is 0 Å². The van der Waals surface area contributed by atoms with Gasteiger partial charge in [-0.2, -0.15) is 0 Å². The van der Waals surface area contributed by atoms with Gasteiger partial charge in [0.15, 0.2) is 6.10 Å². The first kappa shape index (κ1) is 24.7. The van der Waals surface area contributed by atoms with E-state index < -0.39 is 6.10 Å². The Bertz CT molecular complexity index is 1040. The molecule has 1 aliphatic heterocycles. The number of aliphatic hydroxyl groups is 1. The molecule has 8 heteroatoms. The first-order valence-electron chi connectivity index (χ1n) is 9.98. The zero-order valence-electron chi connectivity index (χ0n) is 17.1. The van der Waals surface area contributed by atoms with Gasteiger partial charge in [-0.1, -0.05) is 76.7 Å². The van der Waals surface area contributed by atoms with Crippen LogP contribution in [0.3, 0.4) is 0 Å². The number of halogens is 4. The zero-order valence-corrected chi connectivity index (χ0v) is 20.1. The molecule has 4 nitrogen and oxygen atoms in total. The van der Waals surface area contributed by atoms with Crippen molar-refractivity contribution in [1.82, 2.24) is 4.90 Å². The lowest BCUT2D eigenvalue weighted by Gasteiger charge is -2.37. The molecule has 168 valence electrons. The van der Waals surface area contributed by atoms with Crippen molar-refractivity contribution >= 4 is 58.0 Å². The van der Waals surface area contributed by atoms with Gasteiger partial charge in [0.05, 0.1) is 10.7 Å². The molecule has 1 heterocycles. The summed E-state index contributed by atoms with van der Waals surface area (Å²) in [6.45, 7) is 2.29. The zero-order chi connectivity index (χ0) is 23.1. The molecular weight excluding hydrogens is 490 g/mol. The molecule has 1 N–H and O–H groups in total. The van der Waals surface area contributed by atoms with Crippen LogP contribution in [-0.2, 0) is 4.79 Å². The van der Waals surface area contributed by atoms with E-state index in [1.54, 1.807) is 41.3 Å². The summed E-state index contributed by atoms with van der Waals surface area (Å²) in [5, 5.41) is 12.8. The largest absolute Gasteiger partial charge is 0.378 e. The number of hydrogen-bond donors (Lipinski definition) is 1. The third kappa shape index (κ3) is 6.77. The van der Waals surface area contributed by atoms with E-state index in [-0.39, 0.29) is 5.91 Å². The maximum absolute atomic E-state index is 12.5. The van der Waals surface area contributed by atoms with Crippen molar-refractivity contribution in [2.75, 3.05) is 31.1 Å². The fraction of sp³-hybridized carbons (Fsp3) is 0.208. The van der Waals surface area contributed by atoms with Gasteiger partial charge in [-0.25, -0.2) is 0 Å². The van der Waals surface area contributed by atoms with Crippen LogP contribution < -0.4 is 4.90 Å². The highest BCUT2D eigenvalue weighted by Gasteiger charge is 2.27. The minimum Gasteiger partial charge on any atom is -0.378 e. The van der Waals surface area contributed by atoms with Gasteiger partial charge in [-0.15, -0.1) is 0 Å². The fourth-order valence-electron chi connectivity index (χ4n) is 3.31. The summed E-state index contributed by atoms with van der Waals surface area (Å²) in [4.78, 5) is 16.3. The first-order valence-corrected chi connectivity index (χ1v) is 11.5. The van der Waals surface area contributed by atoms with Crippen LogP contribution in [0.2, 0.25) is 20.1 Å². The van der Waals surface area contributed by atoms with E-state index in [0.717, 1.165) is 10.7 Å². The standard InChI is InChI=1S/C18H17Cl3N2O2.C6H5Cl/c19-13-3-1-2-12(10-13)17(24)18(25)23-8-6-22(7-9-23)16-5-4-14(20)11-15(16)21;7-6-4-2-1-3-5-6/h1-5,10-11,17,24H,6-9H2;1-5H. The van der Waals surface area contributed by atoms with Crippen LogP contribution in [-0.4, -0.2) is 42.1 Å². The van der Waals surface area contributed by atoms with Gasteiger partial charge in [0.1, 0.15) is 0 Å². The Kier molecular flexibility index (Phi) is 9.09. The number of nitrogens with zero attached hydrogens (tertiary/aromatic N) is 2. The molecule has 1 amide bonds. The summed E-state index contributed by atoms with van der Waals surface area (Å²) in [6, 6.07) is 21.5. The molecule has 0 bridgehead atoms. The second-order valence-corrected chi connectivity index (χ2v) is 8.88. The van der Waals surface area contributed by atoms with Gasteiger partial charge in [-0.05, 0) is 48.0 Å². The molecule has 0 saturated carbocycles. The number of anilines is 1. The molecule has 4 rings (SSSR count). The van der Waals surface area contributed by atoms with E-state index in [1.165, 1.54) is 0 Å². The maximum atomic E-state index is 12.5. The Morgan fingerprint density at radius 1 is 0.750 bits per heavy atom. The molecule has 1 saturated heterocycles. The summed E-state index contributed by atoms with van der Waals surface area (Å²) in [7, 11) is 0. The number of carbonyl (C=O) groups is 1. The lowest BCUT2D eigenvalue weighted by molar-refractivity contribution is -0.140. The normalized spacial score (nSPS) is 14.4. The molecule has 0 radical (unpaired) electrons. The molecule has 1 aliphatic rings. The SMILES string of the molecule is Clc1ccccc1.O=C(C(O)c1cccc(Cl)c1)N1CCN(c2ccc(Cl)cc2Cl)CC1. The predicted molar refractivity (Wildman–Crippen MR) is 133 cm³/mol. The van der Waals surface area contributed by atoms with Gasteiger partial charge in [0, 0.05) is 41.2 Å². The minimum atomic E-state index is -1.20. The molecule has 1 unspecified atom stereocenters. The number of rotatable bonds is 3. The first-order chi connectivity index (χ1) is 15.3. The van der Waals surface area contributed by atoms with Crippen molar-refractivity contribution in [2.24, 2.45) is 0 Å². The van der Waals surface area contributed by atoms with E-state index >= 15 is 0 Å². The van der Waals surface area contributed by atoms with Gasteiger partial charge < -0.3 is 14.9 Å². The third-order valence-electron chi connectivity index (χ3n) is 4.97. The Morgan fingerprint density at radius 2 is 1.38 bits per heavy atom. The maximum Gasteiger partial charge on any atom is 0.256 e. The van der Waals surface area contributed by atoms with Gasteiger partial charge in [0.2, 0.25) is 0 Å². The van der Waals surface area contributed by atoms with Crippen LogP contribution in [0.4, 0.5) is 5.69 Å². The molecule has 0 spiro atoms. The highest BCUT2D eigenvalue weighted by atomic mass is 35.5. The second kappa shape index (κ2) is 11.8. The van der Waals surface area contributed by atoms with Crippen molar-refractivity contribution in [3.05, 3.63) is 98.5 Å². The summed E-state index contributed by atoms with van der Waals surface area (Å²) >= 11 is 23.6. The van der Waals surface area contributed by atoms with E-state index in [9.17, 15) is 9.90 Å². The number of piperazine rings is 1. The van der Waals surface area contributed by atoms with E-state index in [2.05, 4.69) is 4.90 Å².